The molecule has 0 aliphatic carbocycles. The third-order valence-corrected chi connectivity index (χ3v) is 6.44. The quantitative estimate of drug-likeness (QED) is 0.521. The molecule has 0 saturated carbocycles. The molecule has 7 nitrogen and oxygen atoms in total. The zero-order chi connectivity index (χ0) is 24.1. The van der Waals surface area contributed by atoms with Gasteiger partial charge in [-0.05, 0) is 42.5 Å². The van der Waals surface area contributed by atoms with E-state index in [4.69, 9.17) is 32.5 Å². The van der Waals surface area contributed by atoms with E-state index < -0.39 is 21.7 Å². The summed E-state index contributed by atoms with van der Waals surface area (Å²) in [6.45, 7) is 0. The largest absolute Gasteiger partial charge is 0.494 e. The Morgan fingerprint density at radius 3 is 2.00 bits per heavy atom. The predicted octanol–water partition coefficient (Wildman–Crippen LogP) is 4.31. The molecule has 0 bridgehead atoms. The standard InChI is InChI=1S/C14H14ClFN2O3S.C7H8FNO/c1-18(14-11(16)4-3-5-13(14)21-2)22(19,20)9-6-7-10(15)12(17)8-9;1-10-6-4-2-3-5(8)7(6)9/h3-8H,17H2,1-2H3;2-4H,9H2,1H3. The SMILES string of the molecule is COc1cccc(F)c1N.COc1cccc(F)c1N(C)S(=O)(=O)c1ccc(Cl)c(N)c1. The minimum Gasteiger partial charge on any atom is -0.494 e. The molecule has 3 aromatic rings. The van der Waals surface area contributed by atoms with Crippen LogP contribution in [0.15, 0.2) is 59.5 Å². The minimum absolute atomic E-state index is 0.0602. The second kappa shape index (κ2) is 10.4. The van der Waals surface area contributed by atoms with E-state index in [1.165, 1.54) is 57.7 Å². The van der Waals surface area contributed by atoms with Gasteiger partial charge in [-0.2, -0.15) is 0 Å². The first kappa shape index (κ1) is 25.0. The van der Waals surface area contributed by atoms with Crippen molar-refractivity contribution in [3.05, 3.63) is 71.3 Å². The van der Waals surface area contributed by atoms with Crippen LogP contribution in [0, 0.1) is 11.6 Å². The number of hydrogen-bond acceptors (Lipinski definition) is 6. The van der Waals surface area contributed by atoms with Crippen molar-refractivity contribution in [3.8, 4) is 11.5 Å². The number of para-hydroxylation sites is 2. The van der Waals surface area contributed by atoms with Crippen molar-refractivity contribution in [2.45, 2.75) is 4.90 Å². The molecule has 0 saturated heterocycles. The van der Waals surface area contributed by atoms with Crippen LogP contribution in [0.25, 0.3) is 0 Å². The summed E-state index contributed by atoms with van der Waals surface area (Å²) >= 11 is 5.79. The Kier molecular flexibility index (Phi) is 8.12. The fourth-order valence-electron chi connectivity index (χ4n) is 2.62. The van der Waals surface area contributed by atoms with E-state index in [2.05, 4.69) is 0 Å². The number of nitrogens with zero attached hydrogens (tertiary/aromatic N) is 1. The maximum atomic E-state index is 14.0. The molecule has 0 atom stereocenters. The van der Waals surface area contributed by atoms with Crippen LogP contribution < -0.4 is 25.2 Å². The predicted molar refractivity (Wildman–Crippen MR) is 122 cm³/mol. The Labute approximate surface area is 190 Å². The molecule has 32 heavy (non-hydrogen) atoms. The molecule has 0 fully saturated rings. The fourth-order valence-corrected chi connectivity index (χ4v) is 3.99. The lowest BCUT2D eigenvalue weighted by molar-refractivity contribution is 0.412. The number of sulfonamides is 1. The number of nitrogens with two attached hydrogens (primary N) is 2. The van der Waals surface area contributed by atoms with Crippen molar-refractivity contribution in [3.63, 3.8) is 0 Å². The molecule has 0 aliphatic rings. The monoisotopic (exact) mass is 485 g/mol. The topological polar surface area (TPSA) is 108 Å². The maximum Gasteiger partial charge on any atom is 0.264 e. The van der Waals surface area contributed by atoms with Gasteiger partial charge in [-0.1, -0.05) is 23.7 Å². The lowest BCUT2D eigenvalue weighted by Gasteiger charge is -2.22. The van der Waals surface area contributed by atoms with E-state index in [0.717, 1.165) is 10.4 Å². The van der Waals surface area contributed by atoms with Crippen LogP contribution in [0.1, 0.15) is 0 Å². The van der Waals surface area contributed by atoms with Crippen LogP contribution in [-0.4, -0.2) is 29.7 Å². The van der Waals surface area contributed by atoms with E-state index in [1.54, 1.807) is 12.1 Å². The van der Waals surface area contributed by atoms with Crippen LogP contribution in [0.2, 0.25) is 5.02 Å². The molecule has 3 aromatic carbocycles. The van der Waals surface area contributed by atoms with Crippen molar-refractivity contribution in [1.29, 1.82) is 0 Å². The highest BCUT2D eigenvalue weighted by Gasteiger charge is 2.27. The van der Waals surface area contributed by atoms with E-state index in [-0.39, 0.29) is 32.7 Å². The van der Waals surface area contributed by atoms with Gasteiger partial charge in [0.15, 0.2) is 5.82 Å². The van der Waals surface area contributed by atoms with Crippen LogP contribution >= 0.6 is 11.6 Å². The van der Waals surface area contributed by atoms with Gasteiger partial charge in [0, 0.05) is 7.05 Å². The number of methoxy groups -OCH3 is 2. The second-order valence-electron chi connectivity index (χ2n) is 6.30. The molecule has 172 valence electrons. The minimum atomic E-state index is -4.01. The number of benzene rings is 3. The molecular weight excluding hydrogens is 464 g/mol. The summed E-state index contributed by atoms with van der Waals surface area (Å²) in [5.41, 5.74) is 10.9. The average Bonchev–Trinajstić information content (AvgIpc) is 2.77. The summed E-state index contributed by atoms with van der Waals surface area (Å²) in [6, 6.07) is 12.4. The highest BCUT2D eigenvalue weighted by Crippen LogP contribution is 2.34. The molecular formula is C21H22ClF2N3O4S. The van der Waals surface area contributed by atoms with E-state index in [1.807, 2.05) is 0 Å². The Balaban J connectivity index is 0.000000303. The molecule has 0 spiro atoms. The maximum absolute atomic E-state index is 14.0. The van der Waals surface area contributed by atoms with Gasteiger partial charge in [0.1, 0.15) is 28.7 Å². The van der Waals surface area contributed by atoms with Gasteiger partial charge in [-0.25, -0.2) is 17.2 Å². The molecule has 0 aromatic heterocycles. The molecule has 0 aliphatic heterocycles. The van der Waals surface area contributed by atoms with E-state index >= 15 is 0 Å². The van der Waals surface area contributed by atoms with Gasteiger partial charge in [-0.3, -0.25) is 4.31 Å². The van der Waals surface area contributed by atoms with Crippen molar-refractivity contribution in [2.24, 2.45) is 0 Å². The van der Waals surface area contributed by atoms with Crippen LogP contribution in [0.4, 0.5) is 25.8 Å². The second-order valence-corrected chi connectivity index (χ2v) is 8.68. The van der Waals surface area contributed by atoms with Crippen molar-refractivity contribution >= 4 is 38.7 Å². The van der Waals surface area contributed by atoms with E-state index in [9.17, 15) is 17.2 Å². The third kappa shape index (κ3) is 5.32. The summed E-state index contributed by atoms with van der Waals surface area (Å²) in [6.07, 6.45) is 0. The summed E-state index contributed by atoms with van der Waals surface area (Å²) in [4.78, 5) is -0.0952. The normalized spacial score (nSPS) is 10.7. The van der Waals surface area contributed by atoms with Gasteiger partial charge in [-0.15, -0.1) is 0 Å². The van der Waals surface area contributed by atoms with Gasteiger partial charge in [0.25, 0.3) is 10.0 Å². The Morgan fingerprint density at radius 2 is 1.47 bits per heavy atom. The lowest BCUT2D eigenvalue weighted by Crippen LogP contribution is -2.28. The molecule has 0 unspecified atom stereocenters. The summed E-state index contributed by atoms with van der Waals surface area (Å²) in [7, 11) is 0.00736. The Hall–Kier alpha value is -3.24. The Bertz CT molecular complexity index is 1210. The number of nitrogen functional groups attached to an aromatic ring is 2. The molecule has 0 heterocycles. The van der Waals surface area contributed by atoms with Crippen molar-refractivity contribution < 1.29 is 26.7 Å². The summed E-state index contributed by atoms with van der Waals surface area (Å²) < 4.78 is 62.4. The zero-order valence-electron chi connectivity index (χ0n) is 17.5. The summed E-state index contributed by atoms with van der Waals surface area (Å²) in [5.74, 6) is -0.681. The molecule has 0 radical (unpaired) electrons. The van der Waals surface area contributed by atoms with Crippen molar-refractivity contribution in [2.75, 3.05) is 37.0 Å². The molecule has 0 amide bonds. The van der Waals surface area contributed by atoms with Crippen LogP contribution in [0.3, 0.4) is 0 Å². The molecule has 11 heteroatoms. The number of ether oxygens (including phenoxy) is 2. The molecule has 4 N–H and O–H groups in total. The first-order chi connectivity index (χ1) is 15.0. The molecule has 3 rings (SSSR count). The number of halogens is 3. The smallest absolute Gasteiger partial charge is 0.264 e. The lowest BCUT2D eigenvalue weighted by atomic mass is 10.3. The fraction of sp³-hybridized carbons (Fsp3) is 0.143. The highest BCUT2D eigenvalue weighted by atomic mass is 35.5. The van der Waals surface area contributed by atoms with Gasteiger partial charge in [0.05, 0.1) is 29.8 Å². The van der Waals surface area contributed by atoms with Crippen LogP contribution in [0.5, 0.6) is 11.5 Å². The van der Waals surface area contributed by atoms with Crippen LogP contribution in [-0.2, 0) is 10.0 Å². The van der Waals surface area contributed by atoms with Crippen molar-refractivity contribution in [1.82, 2.24) is 0 Å². The highest BCUT2D eigenvalue weighted by molar-refractivity contribution is 7.92. The van der Waals surface area contributed by atoms with Gasteiger partial charge < -0.3 is 20.9 Å². The first-order valence-electron chi connectivity index (χ1n) is 8.99. The van der Waals surface area contributed by atoms with Gasteiger partial charge >= 0.3 is 0 Å². The average molecular weight is 486 g/mol. The third-order valence-electron chi connectivity index (χ3n) is 4.34. The number of rotatable bonds is 5. The summed E-state index contributed by atoms with van der Waals surface area (Å²) in [5, 5.41) is 0.241. The first-order valence-corrected chi connectivity index (χ1v) is 10.8. The van der Waals surface area contributed by atoms with E-state index in [0.29, 0.717) is 5.75 Å². The number of hydrogen-bond donors (Lipinski definition) is 2. The Morgan fingerprint density at radius 1 is 0.906 bits per heavy atom. The number of anilines is 3. The zero-order valence-corrected chi connectivity index (χ0v) is 19.0. The van der Waals surface area contributed by atoms with Gasteiger partial charge in [0.2, 0.25) is 0 Å².